The first-order valence-electron chi connectivity index (χ1n) is 5.96. The molecule has 0 aromatic heterocycles. The second kappa shape index (κ2) is 5.35. The van der Waals surface area contributed by atoms with Crippen molar-refractivity contribution in [3.05, 3.63) is 0 Å². The second-order valence-electron chi connectivity index (χ2n) is 4.54. The van der Waals surface area contributed by atoms with Crippen molar-refractivity contribution in [2.24, 2.45) is 5.92 Å². The molecule has 0 unspecified atom stereocenters. The smallest absolute Gasteiger partial charge is 0.315 e. The zero-order valence-corrected chi connectivity index (χ0v) is 9.13. The highest BCUT2D eigenvalue weighted by atomic mass is 16.5. The van der Waals surface area contributed by atoms with E-state index in [0.717, 1.165) is 45.4 Å². The molecular formula is C11H20N2O2. The summed E-state index contributed by atoms with van der Waals surface area (Å²) in [5, 5.41) is 5.92. The predicted octanol–water partition coefficient (Wildman–Crippen LogP) is 1.26. The lowest BCUT2D eigenvalue weighted by molar-refractivity contribution is 0.0668. The average molecular weight is 212 g/mol. The number of amides is 2. The highest BCUT2D eigenvalue weighted by molar-refractivity contribution is 5.74. The van der Waals surface area contributed by atoms with E-state index in [9.17, 15) is 4.79 Å². The quantitative estimate of drug-likeness (QED) is 0.740. The number of carbonyl (C=O) groups excluding carboxylic acids is 1. The lowest BCUT2D eigenvalue weighted by atomic mass is 9.93. The lowest BCUT2D eigenvalue weighted by Crippen LogP contribution is -2.46. The topological polar surface area (TPSA) is 50.4 Å². The maximum atomic E-state index is 11.4. The van der Waals surface area contributed by atoms with E-state index < -0.39 is 0 Å². The van der Waals surface area contributed by atoms with Crippen LogP contribution in [0.5, 0.6) is 0 Å². The Morgan fingerprint density at radius 2 is 1.93 bits per heavy atom. The van der Waals surface area contributed by atoms with Gasteiger partial charge in [0, 0.05) is 25.8 Å². The van der Waals surface area contributed by atoms with E-state index in [1.807, 2.05) is 0 Å². The van der Waals surface area contributed by atoms with E-state index >= 15 is 0 Å². The second-order valence-corrected chi connectivity index (χ2v) is 4.54. The van der Waals surface area contributed by atoms with Crippen molar-refractivity contribution in [1.29, 1.82) is 0 Å². The summed E-state index contributed by atoms with van der Waals surface area (Å²) in [5.41, 5.74) is 0. The van der Waals surface area contributed by atoms with Gasteiger partial charge < -0.3 is 15.4 Å². The third kappa shape index (κ3) is 3.38. The van der Waals surface area contributed by atoms with Crippen LogP contribution in [0.1, 0.15) is 32.1 Å². The molecule has 0 bridgehead atoms. The van der Waals surface area contributed by atoms with E-state index in [2.05, 4.69) is 10.6 Å². The van der Waals surface area contributed by atoms with Crippen LogP contribution >= 0.6 is 0 Å². The molecule has 1 saturated heterocycles. The van der Waals surface area contributed by atoms with E-state index in [1.54, 1.807) is 0 Å². The molecule has 86 valence electrons. The van der Waals surface area contributed by atoms with E-state index in [4.69, 9.17) is 4.74 Å². The predicted molar refractivity (Wildman–Crippen MR) is 57.7 cm³/mol. The van der Waals surface area contributed by atoms with Gasteiger partial charge in [-0.2, -0.15) is 0 Å². The SMILES string of the molecule is O=C(NCC1CCOCC1)NC1CCC1. The molecular weight excluding hydrogens is 192 g/mol. The van der Waals surface area contributed by atoms with Crippen LogP contribution < -0.4 is 10.6 Å². The highest BCUT2D eigenvalue weighted by Gasteiger charge is 2.20. The van der Waals surface area contributed by atoms with Gasteiger partial charge in [-0.25, -0.2) is 4.79 Å². The number of nitrogens with one attached hydrogen (secondary N) is 2. The molecule has 1 heterocycles. The molecule has 4 heteroatoms. The van der Waals surface area contributed by atoms with Gasteiger partial charge in [-0.15, -0.1) is 0 Å². The number of hydrogen-bond donors (Lipinski definition) is 2. The summed E-state index contributed by atoms with van der Waals surface area (Å²) in [6, 6.07) is 0.436. The lowest BCUT2D eigenvalue weighted by Gasteiger charge is -2.27. The van der Waals surface area contributed by atoms with Crippen molar-refractivity contribution in [1.82, 2.24) is 10.6 Å². The normalized spacial score (nSPS) is 23.2. The van der Waals surface area contributed by atoms with Gasteiger partial charge in [-0.3, -0.25) is 0 Å². The highest BCUT2D eigenvalue weighted by Crippen LogP contribution is 2.17. The molecule has 2 rings (SSSR count). The third-order valence-corrected chi connectivity index (χ3v) is 3.33. The molecule has 2 fully saturated rings. The summed E-state index contributed by atoms with van der Waals surface area (Å²) in [6.45, 7) is 2.48. The van der Waals surface area contributed by atoms with Gasteiger partial charge in [-0.1, -0.05) is 0 Å². The van der Waals surface area contributed by atoms with Crippen molar-refractivity contribution < 1.29 is 9.53 Å². The van der Waals surface area contributed by atoms with Gasteiger partial charge in [-0.05, 0) is 38.0 Å². The molecule has 1 aliphatic carbocycles. The van der Waals surface area contributed by atoms with Crippen LogP contribution in [0.3, 0.4) is 0 Å². The number of hydrogen-bond acceptors (Lipinski definition) is 2. The van der Waals surface area contributed by atoms with Crippen LogP contribution in [0.25, 0.3) is 0 Å². The molecule has 1 saturated carbocycles. The molecule has 15 heavy (non-hydrogen) atoms. The van der Waals surface area contributed by atoms with E-state index in [1.165, 1.54) is 6.42 Å². The number of ether oxygens (including phenoxy) is 1. The Hall–Kier alpha value is -0.770. The molecule has 0 aromatic rings. The molecule has 0 radical (unpaired) electrons. The average Bonchev–Trinajstić information content (AvgIpc) is 2.22. The number of carbonyl (C=O) groups is 1. The summed E-state index contributed by atoms with van der Waals surface area (Å²) in [5.74, 6) is 0.603. The van der Waals surface area contributed by atoms with Crippen molar-refractivity contribution in [3.63, 3.8) is 0 Å². The van der Waals surface area contributed by atoms with Crippen molar-refractivity contribution in [2.75, 3.05) is 19.8 Å². The van der Waals surface area contributed by atoms with Gasteiger partial charge in [0.25, 0.3) is 0 Å². The molecule has 2 amide bonds. The molecule has 0 spiro atoms. The first-order chi connectivity index (χ1) is 7.34. The summed E-state index contributed by atoms with van der Waals surface area (Å²) < 4.78 is 5.27. The van der Waals surface area contributed by atoms with Crippen molar-refractivity contribution in [2.45, 2.75) is 38.1 Å². The molecule has 0 atom stereocenters. The maximum Gasteiger partial charge on any atom is 0.315 e. The number of rotatable bonds is 3. The van der Waals surface area contributed by atoms with Gasteiger partial charge in [0.1, 0.15) is 0 Å². The van der Waals surface area contributed by atoms with Gasteiger partial charge >= 0.3 is 6.03 Å². The zero-order chi connectivity index (χ0) is 10.5. The monoisotopic (exact) mass is 212 g/mol. The Morgan fingerprint density at radius 3 is 2.53 bits per heavy atom. The summed E-state index contributed by atoms with van der Waals surface area (Å²) >= 11 is 0. The zero-order valence-electron chi connectivity index (χ0n) is 9.13. The van der Waals surface area contributed by atoms with Crippen molar-refractivity contribution >= 4 is 6.03 Å². The minimum absolute atomic E-state index is 0.00573. The van der Waals surface area contributed by atoms with E-state index in [0.29, 0.717) is 12.0 Å². The molecule has 0 aromatic carbocycles. The minimum atomic E-state index is 0.00573. The fourth-order valence-corrected chi connectivity index (χ4v) is 1.98. The number of urea groups is 1. The van der Waals surface area contributed by atoms with Crippen LogP contribution in [-0.2, 0) is 4.74 Å². The van der Waals surface area contributed by atoms with Crippen LogP contribution in [0, 0.1) is 5.92 Å². The molecule has 4 nitrogen and oxygen atoms in total. The standard InChI is InChI=1S/C11H20N2O2/c14-11(13-10-2-1-3-10)12-8-9-4-6-15-7-5-9/h9-10H,1-8H2,(H2,12,13,14). The van der Waals surface area contributed by atoms with Crippen molar-refractivity contribution in [3.8, 4) is 0 Å². The van der Waals surface area contributed by atoms with E-state index in [-0.39, 0.29) is 6.03 Å². The summed E-state index contributed by atoms with van der Waals surface area (Å²) in [4.78, 5) is 11.4. The maximum absolute atomic E-state index is 11.4. The molecule has 2 aliphatic rings. The fourth-order valence-electron chi connectivity index (χ4n) is 1.98. The minimum Gasteiger partial charge on any atom is -0.381 e. The molecule has 1 aliphatic heterocycles. The first-order valence-corrected chi connectivity index (χ1v) is 5.96. The summed E-state index contributed by atoms with van der Waals surface area (Å²) in [7, 11) is 0. The Morgan fingerprint density at radius 1 is 1.20 bits per heavy atom. The molecule has 2 N–H and O–H groups in total. The largest absolute Gasteiger partial charge is 0.381 e. The Labute approximate surface area is 90.8 Å². The van der Waals surface area contributed by atoms with Crippen LogP contribution in [0.2, 0.25) is 0 Å². The van der Waals surface area contributed by atoms with Crippen LogP contribution in [0.15, 0.2) is 0 Å². The summed E-state index contributed by atoms with van der Waals surface area (Å²) in [6.07, 6.45) is 5.69. The fraction of sp³-hybridized carbons (Fsp3) is 0.909. The Bertz CT molecular complexity index is 211. The van der Waals surface area contributed by atoms with Crippen LogP contribution in [-0.4, -0.2) is 31.8 Å². The Balaban J connectivity index is 1.57. The first kappa shape index (κ1) is 10.7. The van der Waals surface area contributed by atoms with Crippen LogP contribution in [0.4, 0.5) is 4.79 Å². The third-order valence-electron chi connectivity index (χ3n) is 3.33. The van der Waals surface area contributed by atoms with Gasteiger partial charge in [0.05, 0.1) is 0 Å². The Kier molecular flexibility index (Phi) is 3.83. The van der Waals surface area contributed by atoms with Gasteiger partial charge in [0.2, 0.25) is 0 Å². The van der Waals surface area contributed by atoms with Gasteiger partial charge in [0.15, 0.2) is 0 Å².